The molecule has 0 amide bonds. The molecule has 0 bridgehead atoms. The van der Waals surface area contributed by atoms with E-state index in [4.69, 9.17) is 0 Å². The maximum absolute atomic E-state index is 11.9. The zero-order chi connectivity index (χ0) is 10.1. The molecule has 0 aliphatic rings. The molecule has 0 aromatic carbocycles. The van der Waals surface area contributed by atoms with Crippen LogP contribution in [0.25, 0.3) is 5.52 Å². The van der Waals surface area contributed by atoms with Gasteiger partial charge in [-0.3, -0.25) is 0 Å². The van der Waals surface area contributed by atoms with Gasteiger partial charge >= 0.3 is 0 Å². The molecule has 0 spiro atoms. The fourth-order valence-corrected chi connectivity index (χ4v) is 1.62. The normalized spacial score (nSPS) is 11.1. The monoisotopic (exact) mass is 187 g/mol. The number of nitrogens with zero attached hydrogens (tertiary/aromatic N) is 1. The van der Waals surface area contributed by atoms with E-state index in [-0.39, 0.29) is 11.7 Å². The van der Waals surface area contributed by atoms with E-state index in [0.717, 1.165) is 11.1 Å². The molecular formula is C12H13NO. The Balaban J connectivity index is 2.75. The summed E-state index contributed by atoms with van der Waals surface area (Å²) in [5.41, 5.74) is 1.63. The highest BCUT2D eigenvalue weighted by atomic mass is 16.3. The number of hydrogen-bond acceptors (Lipinski definition) is 1. The summed E-state index contributed by atoms with van der Waals surface area (Å²) in [5, 5.41) is 11.9. The molecule has 0 aliphatic carbocycles. The number of aromatic nitrogens is 1. The highest BCUT2D eigenvalue weighted by Crippen LogP contribution is 2.24. The van der Waals surface area contributed by atoms with Crippen LogP contribution in [0.4, 0.5) is 0 Å². The topological polar surface area (TPSA) is 27.2 Å². The van der Waals surface area contributed by atoms with Crippen LogP contribution >= 0.6 is 0 Å². The lowest BCUT2D eigenvalue weighted by molar-refractivity contribution is -0.516. The zero-order valence-electron chi connectivity index (χ0n) is 8.40. The minimum atomic E-state index is 0.142. The van der Waals surface area contributed by atoms with E-state index in [1.54, 1.807) is 0 Å². The molecular weight excluding hydrogens is 174 g/mol. The van der Waals surface area contributed by atoms with Gasteiger partial charge in [-0.05, 0) is 23.3 Å². The summed E-state index contributed by atoms with van der Waals surface area (Å²) in [7, 11) is 0. The number of fused-ring (bicyclic) bond motifs is 1. The third-order valence-corrected chi connectivity index (χ3v) is 2.42. The zero-order valence-corrected chi connectivity index (χ0v) is 8.40. The average molecular weight is 187 g/mol. The van der Waals surface area contributed by atoms with Gasteiger partial charge in [0.05, 0.1) is 0 Å². The second-order valence-corrected chi connectivity index (χ2v) is 3.75. The maximum atomic E-state index is 11.9. The fourth-order valence-electron chi connectivity index (χ4n) is 1.62. The molecule has 2 aromatic heterocycles. The molecule has 0 N–H and O–H groups in total. The molecule has 14 heavy (non-hydrogen) atoms. The molecule has 0 atom stereocenters. The summed E-state index contributed by atoms with van der Waals surface area (Å²) in [4.78, 5) is 0. The van der Waals surface area contributed by atoms with Crippen molar-refractivity contribution in [1.82, 2.24) is 0 Å². The number of pyridine rings is 2. The highest BCUT2D eigenvalue weighted by molar-refractivity contribution is 5.56. The second kappa shape index (κ2) is 3.29. The van der Waals surface area contributed by atoms with E-state index in [1.807, 2.05) is 54.9 Å². The average Bonchev–Trinajstić information content (AvgIpc) is 2.18. The van der Waals surface area contributed by atoms with Gasteiger partial charge in [0.15, 0.2) is 12.4 Å². The van der Waals surface area contributed by atoms with Gasteiger partial charge in [-0.15, -0.1) is 0 Å². The lowest BCUT2D eigenvalue weighted by Gasteiger charge is -2.14. The van der Waals surface area contributed by atoms with E-state index in [2.05, 4.69) is 0 Å². The van der Waals surface area contributed by atoms with Crippen molar-refractivity contribution in [2.24, 2.45) is 0 Å². The second-order valence-electron chi connectivity index (χ2n) is 3.75. The molecule has 2 nitrogen and oxygen atoms in total. The molecule has 72 valence electrons. The molecule has 0 aliphatic heterocycles. The SMILES string of the molecule is CC(C)c1cc[n+]2ccccc2c1[O-]. The first-order valence-electron chi connectivity index (χ1n) is 4.80. The summed E-state index contributed by atoms with van der Waals surface area (Å²) in [6.45, 7) is 4.08. The lowest BCUT2D eigenvalue weighted by atomic mass is 10.0. The molecule has 0 fully saturated rings. The number of hydrogen-bond donors (Lipinski definition) is 0. The summed E-state index contributed by atoms with van der Waals surface area (Å²) < 4.78 is 1.86. The van der Waals surface area contributed by atoms with E-state index >= 15 is 0 Å². The largest absolute Gasteiger partial charge is 0.868 e. The van der Waals surface area contributed by atoms with E-state index < -0.39 is 0 Å². The number of rotatable bonds is 1. The van der Waals surface area contributed by atoms with Crippen molar-refractivity contribution < 1.29 is 9.51 Å². The van der Waals surface area contributed by atoms with Crippen LogP contribution in [0.3, 0.4) is 0 Å². The lowest BCUT2D eigenvalue weighted by Crippen LogP contribution is -2.22. The molecule has 2 heterocycles. The molecule has 0 radical (unpaired) electrons. The minimum Gasteiger partial charge on any atom is -0.868 e. The van der Waals surface area contributed by atoms with Crippen LogP contribution in [-0.4, -0.2) is 0 Å². The highest BCUT2D eigenvalue weighted by Gasteiger charge is 2.07. The Kier molecular flexibility index (Phi) is 2.12. The Hall–Kier alpha value is -1.57. The van der Waals surface area contributed by atoms with Crippen molar-refractivity contribution in [3.8, 4) is 5.75 Å². The van der Waals surface area contributed by atoms with Crippen LogP contribution in [0.1, 0.15) is 25.3 Å². The van der Waals surface area contributed by atoms with Gasteiger partial charge in [-0.25, -0.2) is 0 Å². The third-order valence-electron chi connectivity index (χ3n) is 2.42. The first kappa shape index (κ1) is 9.00. The molecule has 0 unspecified atom stereocenters. The van der Waals surface area contributed by atoms with Gasteiger partial charge in [0.1, 0.15) is 0 Å². The van der Waals surface area contributed by atoms with Crippen LogP contribution in [-0.2, 0) is 0 Å². The Morgan fingerprint density at radius 1 is 1.14 bits per heavy atom. The predicted molar refractivity (Wildman–Crippen MR) is 53.1 cm³/mol. The van der Waals surface area contributed by atoms with Crippen LogP contribution in [0.2, 0.25) is 0 Å². The molecule has 0 saturated carbocycles. The van der Waals surface area contributed by atoms with E-state index in [9.17, 15) is 5.11 Å². The smallest absolute Gasteiger partial charge is 0.203 e. The van der Waals surface area contributed by atoms with E-state index in [0.29, 0.717) is 0 Å². The quantitative estimate of drug-likeness (QED) is 0.623. The Morgan fingerprint density at radius 3 is 2.64 bits per heavy atom. The summed E-state index contributed by atoms with van der Waals surface area (Å²) in [6, 6.07) is 7.57. The van der Waals surface area contributed by atoms with Gasteiger partial charge in [0.25, 0.3) is 0 Å². The van der Waals surface area contributed by atoms with Crippen molar-refractivity contribution in [1.29, 1.82) is 0 Å². The molecule has 2 aromatic rings. The molecule has 2 heteroatoms. The Labute approximate surface area is 83.4 Å². The van der Waals surface area contributed by atoms with Crippen molar-refractivity contribution in [2.75, 3.05) is 0 Å². The molecule has 0 saturated heterocycles. The third kappa shape index (κ3) is 1.33. The maximum Gasteiger partial charge on any atom is 0.203 e. The van der Waals surface area contributed by atoms with Gasteiger partial charge in [0.2, 0.25) is 5.52 Å². The van der Waals surface area contributed by atoms with Crippen molar-refractivity contribution in [3.63, 3.8) is 0 Å². The predicted octanol–water partition coefficient (Wildman–Crippen LogP) is 1.62. The fraction of sp³-hybridized carbons (Fsp3) is 0.250. The first-order chi connectivity index (χ1) is 6.70. The van der Waals surface area contributed by atoms with Crippen molar-refractivity contribution >= 4 is 5.52 Å². The first-order valence-corrected chi connectivity index (χ1v) is 4.80. The minimum absolute atomic E-state index is 0.142. The van der Waals surface area contributed by atoms with Gasteiger partial charge in [-0.1, -0.05) is 13.8 Å². The van der Waals surface area contributed by atoms with Crippen molar-refractivity contribution in [2.45, 2.75) is 19.8 Å². The van der Waals surface area contributed by atoms with Gasteiger partial charge in [-0.2, -0.15) is 4.40 Å². The standard InChI is InChI=1S/C12H13NO/c1-9(2)10-6-8-13-7-4-3-5-11(13)12(10)14/h3-9H,1-2H3. The van der Waals surface area contributed by atoms with E-state index in [1.165, 1.54) is 0 Å². The summed E-state index contributed by atoms with van der Waals surface area (Å²) in [6.07, 6.45) is 3.83. The van der Waals surface area contributed by atoms with Crippen LogP contribution in [0.5, 0.6) is 5.75 Å². The Morgan fingerprint density at radius 2 is 1.93 bits per heavy atom. The summed E-state index contributed by atoms with van der Waals surface area (Å²) in [5.74, 6) is 0.427. The van der Waals surface area contributed by atoms with Crippen LogP contribution < -0.4 is 9.51 Å². The Bertz CT molecular complexity index is 463. The van der Waals surface area contributed by atoms with Crippen LogP contribution in [0, 0.1) is 0 Å². The summed E-state index contributed by atoms with van der Waals surface area (Å²) >= 11 is 0. The van der Waals surface area contributed by atoms with Crippen molar-refractivity contribution in [3.05, 3.63) is 42.2 Å². The van der Waals surface area contributed by atoms with Gasteiger partial charge in [0, 0.05) is 18.2 Å². The van der Waals surface area contributed by atoms with Crippen LogP contribution in [0.15, 0.2) is 36.7 Å². The van der Waals surface area contributed by atoms with Gasteiger partial charge < -0.3 is 5.11 Å². The molecule has 2 rings (SSSR count).